The molecule has 0 spiro atoms. The number of alkyl halides is 3. The fraction of sp³-hybridized carbons (Fsp3) is 0.596. The first-order valence-electron chi connectivity index (χ1n) is 28.3. The van der Waals surface area contributed by atoms with E-state index in [-0.39, 0.29) is 87.9 Å². The summed E-state index contributed by atoms with van der Waals surface area (Å²) >= 11 is 6.35. The Labute approximate surface area is 504 Å². The lowest BCUT2D eigenvalue weighted by molar-refractivity contribution is -0.141. The van der Waals surface area contributed by atoms with Gasteiger partial charge in [0.25, 0.3) is 5.91 Å². The standard InChI is InChI=1S/C57H82ClF3N8O17/c1-65(56(77)45-6-8-48(58)47(40-45)46-7-9-51(64-41-46)57(59,60)61)49-4-2-3-5-50(49)86-23-10-52(71)62-11-24-78-26-28-80-30-32-82-34-36-84-38-39-85-37-35-83-33-31-81-29-27-79-25-12-63-53(72)42-67-15-13-66(21-22-70)14-16-68(43-54(73)74)19-20-69(18-17-67)44-55(75)76/h2-9,22,40-41H,10-21,23-39,42-44H2,1H3,(H,62,71)(H,63,72)(H,73,74)(H,75,76). The van der Waals surface area contributed by atoms with Gasteiger partial charge in [-0.05, 0) is 36.4 Å². The second-order valence-electron chi connectivity index (χ2n) is 19.2. The third-order valence-corrected chi connectivity index (χ3v) is 13.1. The van der Waals surface area contributed by atoms with Crippen LogP contribution in [0.3, 0.4) is 0 Å². The van der Waals surface area contributed by atoms with Crippen molar-refractivity contribution < 1.29 is 94.8 Å². The van der Waals surface area contributed by atoms with Gasteiger partial charge in [-0.15, -0.1) is 0 Å². The van der Waals surface area contributed by atoms with Crippen molar-refractivity contribution in [3.05, 3.63) is 77.1 Å². The van der Waals surface area contributed by atoms with Crippen LogP contribution in [0.5, 0.6) is 5.75 Å². The zero-order valence-electron chi connectivity index (χ0n) is 48.7. The molecule has 25 nitrogen and oxygen atoms in total. The smallest absolute Gasteiger partial charge is 0.433 e. The molecule has 0 bridgehead atoms. The van der Waals surface area contributed by atoms with Gasteiger partial charge in [-0.1, -0.05) is 29.8 Å². The lowest BCUT2D eigenvalue weighted by Gasteiger charge is -2.32. The van der Waals surface area contributed by atoms with Crippen LogP contribution in [-0.2, 0) is 68.0 Å². The number of pyridine rings is 1. The maximum Gasteiger partial charge on any atom is 0.433 e. The van der Waals surface area contributed by atoms with Gasteiger partial charge in [0, 0.05) is 100 Å². The molecule has 2 aromatic carbocycles. The Hall–Kier alpha value is -5.99. The van der Waals surface area contributed by atoms with Gasteiger partial charge in [-0.3, -0.25) is 48.6 Å². The van der Waals surface area contributed by atoms with E-state index >= 15 is 0 Å². The molecule has 1 aliphatic heterocycles. The molecule has 29 heteroatoms. The number of para-hydroxylation sites is 2. The van der Waals surface area contributed by atoms with Crippen LogP contribution in [0.4, 0.5) is 18.9 Å². The molecule has 0 unspecified atom stereocenters. The summed E-state index contributed by atoms with van der Waals surface area (Å²) in [6.45, 7) is 9.49. The minimum atomic E-state index is -4.60. The number of nitrogens with one attached hydrogen (secondary N) is 2. The summed E-state index contributed by atoms with van der Waals surface area (Å²) in [4.78, 5) is 85.2. The first-order valence-corrected chi connectivity index (χ1v) is 28.7. The summed E-state index contributed by atoms with van der Waals surface area (Å²) in [6.07, 6.45) is -2.71. The van der Waals surface area contributed by atoms with Gasteiger partial charge >= 0.3 is 18.1 Å². The minimum absolute atomic E-state index is 0.0304. The Morgan fingerprint density at radius 1 is 0.593 bits per heavy atom. The topological polar surface area (TPSA) is 279 Å². The number of aliphatic carboxylic acids is 2. The van der Waals surface area contributed by atoms with Crippen molar-refractivity contribution in [1.82, 2.24) is 35.2 Å². The Kier molecular flexibility index (Phi) is 36.1. The van der Waals surface area contributed by atoms with Crippen molar-refractivity contribution in [3.63, 3.8) is 0 Å². The Morgan fingerprint density at radius 3 is 1.48 bits per heavy atom. The average Bonchev–Trinajstić information content (AvgIpc) is 3.65. The number of carboxylic acids is 2. The van der Waals surface area contributed by atoms with Gasteiger partial charge < -0.3 is 73.2 Å². The molecule has 0 saturated carbocycles. The quantitative estimate of drug-likeness (QED) is 0.0468. The Bertz CT molecular complexity index is 2460. The summed E-state index contributed by atoms with van der Waals surface area (Å²) in [5.41, 5.74) is 0.257. The third-order valence-electron chi connectivity index (χ3n) is 12.8. The summed E-state index contributed by atoms with van der Waals surface area (Å²) in [5.74, 6) is -2.52. The molecule has 0 aliphatic carbocycles. The number of carbonyl (C=O) groups excluding carboxylic acids is 4. The summed E-state index contributed by atoms with van der Waals surface area (Å²) in [5, 5.41) is 24.6. The molecule has 0 atom stereocenters. The molecule has 3 aromatic rings. The van der Waals surface area contributed by atoms with Crippen LogP contribution in [0.25, 0.3) is 11.1 Å². The van der Waals surface area contributed by atoms with Crippen LogP contribution in [0, 0.1) is 0 Å². The number of rotatable bonds is 42. The minimum Gasteiger partial charge on any atom is -0.491 e. The van der Waals surface area contributed by atoms with Crippen LogP contribution < -0.4 is 20.3 Å². The molecule has 4 N–H and O–H groups in total. The normalized spacial score (nSPS) is 14.2. The van der Waals surface area contributed by atoms with Gasteiger partial charge in [0.15, 0.2) is 0 Å². The summed E-state index contributed by atoms with van der Waals surface area (Å²) in [6, 6.07) is 13.4. The molecule has 3 amide bonds. The molecule has 1 aromatic heterocycles. The first-order chi connectivity index (χ1) is 41.5. The molecule has 480 valence electrons. The monoisotopic (exact) mass is 1240 g/mol. The van der Waals surface area contributed by atoms with Crippen molar-refractivity contribution in [2.24, 2.45) is 0 Å². The number of amides is 3. The van der Waals surface area contributed by atoms with E-state index in [9.17, 15) is 52.2 Å². The van der Waals surface area contributed by atoms with Gasteiger partial charge in [0.2, 0.25) is 11.8 Å². The van der Waals surface area contributed by atoms with Crippen LogP contribution >= 0.6 is 11.6 Å². The van der Waals surface area contributed by atoms with E-state index in [1.54, 1.807) is 41.1 Å². The number of aldehydes is 1. The second-order valence-corrected chi connectivity index (χ2v) is 19.6. The highest BCUT2D eigenvalue weighted by atomic mass is 35.5. The second kappa shape index (κ2) is 42.8. The van der Waals surface area contributed by atoms with Crippen LogP contribution in [-0.4, -0.2) is 282 Å². The number of aromatic nitrogens is 1. The van der Waals surface area contributed by atoms with E-state index in [1.165, 1.54) is 29.2 Å². The van der Waals surface area contributed by atoms with E-state index in [0.29, 0.717) is 167 Å². The van der Waals surface area contributed by atoms with Gasteiger partial charge in [0.05, 0.1) is 151 Å². The van der Waals surface area contributed by atoms with Crippen LogP contribution in [0.2, 0.25) is 5.02 Å². The average molecular weight is 1240 g/mol. The Morgan fingerprint density at radius 2 is 1.03 bits per heavy atom. The number of hydrogen-bond donors (Lipinski definition) is 4. The van der Waals surface area contributed by atoms with E-state index in [0.717, 1.165) is 18.5 Å². The molecule has 1 aliphatic rings. The van der Waals surface area contributed by atoms with Crippen molar-refractivity contribution in [3.8, 4) is 16.9 Å². The number of hydrogen-bond acceptors (Lipinski definition) is 20. The number of ether oxygens (including phenoxy) is 9. The molecular weight excluding hydrogens is 1160 g/mol. The summed E-state index contributed by atoms with van der Waals surface area (Å²) in [7, 11) is 1.55. The molecule has 4 rings (SSSR count). The number of benzene rings is 2. The molecule has 0 radical (unpaired) electrons. The van der Waals surface area contributed by atoms with Crippen molar-refractivity contribution in [2.75, 3.05) is 216 Å². The highest BCUT2D eigenvalue weighted by molar-refractivity contribution is 6.33. The number of halogens is 4. The van der Waals surface area contributed by atoms with Gasteiger partial charge in [-0.2, -0.15) is 13.2 Å². The van der Waals surface area contributed by atoms with Crippen LogP contribution in [0.15, 0.2) is 60.8 Å². The van der Waals surface area contributed by atoms with E-state index in [1.807, 2.05) is 9.80 Å². The molecular formula is C57H82ClF3N8O17. The molecule has 2 heterocycles. The van der Waals surface area contributed by atoms with Crippen molar-refractivity contribution in [2.45, 2.75) is 12.6 Å². The van der Waals surface area contributed by atoms with Crippen LogP contribution in [0.1, 0.15) is 22.5 Å². The van der Waals surface area contributed by atoms with E-state index < -0.39 is 29.7 Å². The third kappa shape index (κ3) is 31.1. The van der Waals surface area contributed by atoms with E-state index in [4.69, 9.17) is 54.2 Å². The maximum atomic E-state index is 13.6. The number of anilines is 1. The molecule has 1 saturated heterocycles. The number of carboxylic acid groups (broad SMARTS) is 2. The summed E-state index contributed by atoms with van der Waals surface area (Å²) < 4.78 is 89.3. The van der Waals surface area contributed by atoms with Gasteiger partial charge in [0.1, 0.15) is 17.7 Å². The molecule has 1 fully saturated rings. The fourth-order valence-corrected chi connectivity index (χ4v) is 8.48. The Balaban J connectivity index is 0.897. The highest BCUT2D eigenvalue weighted by Gasteiger charge is 2.32. The predicted octanol–water partition coefficient (Wildman–Crippen LogP) is 2.42. The van der Waals surface area contributed by atoms with Gasteiger partial charge in [-0.25, -0.2) is 0 Å². The highest BCUT2D eigenvalue weighted by Crippen LogP contribution is 2.34. The zero-order valence-corrected chi connectivity index (χ0v) is 49.4. The van der Waals surface area contributed by atoms with Crippen molar-refractivity contribution in [1.29, 1.82) is 0 Å². The lowest BCUT2D eigenvalue weighted by Crippen LogP contribution is -2.49. The maximum absolute atomic E-state index is 13.6. The first kappa shape index (κ1) is 72.5. The zero-order chi connectivity index (χ0) is 62.2. The van der Waals surface area contributed by atoms with E-state index in [2.05, 4.69) is 15.6 Å². The number of carbonyl (C=O) groups is 6. The lowest BCUT2D eigenvalue weighted by atomic mass is 10.0. The fourth-order valence-electron chi connectivity index (χ4n) is 8.25. The largest absolute Gasteiger partial charge is 0.491 e. The number of nitrogens with zero attached hydrogens (tertiary/aromatic N) is 6. The van der Waals surface area contributed by atoms with Crippen molar-refractivity contribution >= 4 is 53.2 Å². The SMILES string of the molecule is CN(C(=O)c1ccc(Cl)c(-c2ccc(C(F)(F)F)nc2)c1)c1ccccc1OCCC(=O)NCCOCCOCCOCCOCCOCCOCCOCCOCCNC(=O)CN1CCN(CC=O)CCN(CC(=O)O)CCN(CC(=O)O)CC1. The predicted molar refractivity (Wildman–Crippen MR) is 309 cm³/mol. The molecule has 86 heavy (non-hydrogen) atoms.